The van der Waals surface area contributed by atoms with E-state index in [2.05, 4.69) is 20.8 Å². The lowest BCUT2D eigenvalue weighted by molar-refractivity contribution is -0.116. The Hall–Kier alpha value is -2.18. The summed E-state index contributed by atoms with van der Waals surface area (Å²) >= 11 is 0. The van der Waals surface area contributed by atoms with Gasteiger partial charge in [0.25, 0.3) is 0 Å². The predicted molar refractivity (Wildman–Crippen MR) is 80.4 cm³/mol. The Morgan fingerprint density at radius 3 is 2.90 bits per heavy atom. The van der Waals surface area contributed by atoms with Crippen LogP contribution in [0.1, 0.15) is 28.8 Å². The van der Waals surface area contributed by atoms with Gasteiger partial charge in [-0.3, -0.25) is 9.89 Å². The fourth-order valence-corrected chi connectivity index (χ4v) is 2.60. The third-order valence-corrected chi connectivity index (χ3v) is 3.77. The largest absolute Gasteiger partial charge is 0.326 e. The number of nitrogens with zero attached hydrogens (tertiary/aromatic N) is 1. The third kappa shape index (κ3) is 2.96. The molecular formula is C15H19N5O. The number of aryl methyl sites for hydroxylation is 1. The molecule has 0 fully saturated rings. The first-order chi connectivity index (χ1) is 10.3. The fraction of sp³-hybridized carbons (Fsp3) is 0.333. The van der Waals surface area contributed by atoms with Gasteiger partial charge in [0.2, 0.25) is 5.91 Å². The summed E-state index contributed by atoms with van der Waals surface area (Å²) in [5.74, 6) is 0.620. The van der Waals surface area contributed by atoms with E-state index >= 15 is 0 Å². The molecule has 1 amide bonds. The number of fused-ring (bicyclic) bond motifs is 1. The summed E-state index contributed by atoms with van der Waals surface area (Å²) in [6.07, 6.45) is 1.11. The van der Waals surface area contributed by atoms with E-state index in [9.17, 15) is 4.79 Å². The molecule has 2 heterocycles. The van der Waals surface area contributed by atoms with Crippen LogP contribution in [0.4, 0.5) is 5.82 Å². The molecule has 0 unspecified atom stereocenters. The van der Waals surface area contributed by atoms with E-state index in [1.807, 2.05) is 24.3 Å². The molecule has 3 rings (SSSR count). The Morgan fingerprint density at radius 1 is 1.29 bits per heavy atom. The molecule has 0 spiro atoms. The van der Waals surface area contributed by atoms with Gasteiger partial charge in [0.05, 0.1) is 5.69 Å². The zero-order valence-electron chi connectivity index (χ0n) is 11.8. The zero-order valence-corrected chi connectivity index (χ0v) is 11.8. The molecule has 6 nitrogen and oxygen atoms in total. The Morgan fingerprint density at radius 2 is 2.10 bits per heavy atom. The average molecular weight is 285 g/mol. The highest BCUT2D eigenvalue weighted by Gasteiger charge is 2.19. The SMILES string of the molecule is NCc1ccccc1CCC(=O)Nc1n[nH]c2c1CNC2. The topological polar surface area (TPSA) is 95.8 Å². The van der Waals surface area contributed by atoms with E-state index in [1.165, 1.54) is 0 Å². The van der Waals surface area contributed by atoms with Crippen LogP contribution in [0.15, 0.2) is 24.3 Å². The smallest absolute Gasteiger partial charge is 0.225 e. The molecule has 1 aliphatic rings. The summed E-state index contributed by atoms with van der Waals surface area (Å²) in [5.41, 5.74) is 10.0. The number of hydrogen-bond donors (Lipinski definition) is 4. The molecule has 1 aromatic carbocycles. The second-order valence-electron chi connectivity index (χ2n) is 5.15. The molecule has 5 N–H and O–H groups in total. The first kappa shape index (κ1) is 13.8. The minimum Gasteiger partial charge on any atom is -0.326 e. The second-order valence-corrected chi connectivity index (χ2v) is 5.15. The van der Waals surface area contributed by atoms with Gasteiger partial charge in [-0.15, -0.1) is 0 Å². The van der Waals surface area contributed by atoms with Gasteiger partial charge in [0.1, 0.15) is 0 Å². The summed E-state index contributed by atoms with van der Waals surface area (Å²) in [4.78, 5) is 12.1. The number of benzene rings is 1. The van der Waals surface area contributed by atoms with Crippen molar-refractivity contribution in [3.63, 3.8) is 0 Å². The standard InChI is InChI=1S/C15H19N5O/c16-7-11-4-2-1-3-10(11)5-6-14(21)18-15-12-8-17-9-13(12)19-20-15/h1-4,17H,5-9,16H2,(H2,18,19,20,21). The van der Waals surface area contributed by atoms with E-state index in [0.717, 1.165) is 35.5 Å². The van der Waals surface area contributed by atoms with Gasteiger partial charge in [-0.2, -0.15) is 5.10 Å². The lowest BCUT2D eigenvalue weighted by Crippen LogP contribution is -2.15. The summed E-state index contributed by atoms with van der Waals surface area (Å²) in [6.45, 7) is 2.02. The minimum atomic E-state index is -0.0250. The van der Waals surface area contributed by atoms with Crippen molar-refractivity contribution in [2.75, 3.05) is 5.32 Å². The Bertz CT molecular complexity index is 649. The number of amides is 1. The number of nitrogens with one attached hydrogen (secondary N) is 3. The number of H-pyrrole nitrogens is 1. The predicted octanol–water partition coefficient (Wildman–Crippen LogP) is 1.04. The highest BCUT2D eigenvalue weighted by atomic mass is 16.1. The quantitative estimate of drug-likeness (QED) is 0.660. The van der Waals surface area contributed by atoms with Crippen LogP contribution < -0.4 is 16.4 Å². The van der Waals surface area contributed by atoms with Gasteiger partial charge in [0, 0.05) is 31.6 Å². The maximum absolute atomic E-state index is 12.1. The van der Waals surface area contributed by atoms with Gasteiger partial charge in [-0.1, -0.05) is 24.3 Å². The summed E-state index contributed by atoms with van der Waals surface area (Å²) in [5, 5.41) is 13.2. The van der Waals surface area contributed by atoms with Crippen molar-refractivity contribution < 1.29 is 4.79 Å². The number of nitrogens with two attached hydrogens (primary N) is 1. The van der Waals surface area contributed by atoms with E-state index in [-0.39, 0.29) is 5.91 Å². The van der Waals surface area contributed by atoms with E-state index in [4.69, 9.17) is 5.73 Å². The first-order valence-corrected chi connectivity index (χ1v) is 7.11. The van der Waals surface area contributed by atoms with Crippen molar-refractivity contribution >= 4 is 11.7 Å². The number of carbonyl (C=O) groups excluding carboxylic acids is 1. The molecule has 110 valence electrons. The van der Waals surface area contributed by atoms with Gasteiger partial charge < -0.3 is 16.4 Å². The van der Waals surface area contributed by atoms with E-state index in [0.29, 0.717) is 25.2 Å². The highest BCUT2D eigenvalue weighted by molar-refractivity contribution is 5.90. The van der Waals surface area contributed by atoms with Crippen LogP contribution in [0.5, 0.6) is 0 Å². The third-order valence-electron chi connectivity index (χ3n) is 3.77. The van der Waals surface area contributed by atoms with Crippen LogP contribution in [0.3, 0.4) is 0 Å². The van der Waals surface area contributed by atoms with Crippen LogP contribution in [-0.2, 0) is 30.8 Å². The number of carbonyl (C=O) groups is 1. The highest BCUT2D eigenvalue weighted by Crippen LogP contribution is 2.21. The molecule has 0 aliphatic carbocycles. The Kier molecular flexibility index (Phi) is 3.98. The number of anilines is 1. The first-order valence-electron chi connectivity index (χ1n) is 7.11. The Balaban J connectivity index is 1.59. The van der Waals surface area contributed by atoms with Gasteiger partial charge in [-0.25, -0.2) is 0 Å². The normalized spacial score (nSPS) is 13.2. The number of aromatic amines is 1. The molecule has 0 radical (unpaired) electrons. The van der Waals surface area contributed by atoms with Crippen molar-refractivity contribution in [3.05, 3.63) is 46.6 Å². The van der Waals surface area contributed by atoms with Gasteiger partial charge in [-0.05, 0) is 17.5 Å². The molecule has 2 aromatic rings. The van der Waals surface area contributed by atoms with E-state index < -0.39 is 0 Å². The Labute approximate surface area is 123 Å². The number of aromatic nitrogens is 2. The molecule has 1 aromatic heterocycles. The van der Waals surface area contributed by atoms with Crippen LogP contribution >= 0.6 is 0 Å². The second kappa shape index (κ2) is 6.07. The van der Waals surface area contributed by atoms with Crippen LogP contribution in [0, 0.1) is 0 Å². The lowest BCUT2D eigenvalue weighted by Gasteiger charge is -2.07. The monoisotopic (exact) mass is 285 g/mol. The van der Waals surface area contributed by atoms with Crippen molar-refractivity contribution in [3.8, 4) is 0 Å². The van der Waals surface area contributed by atoms with Crippen LogP contribution in [0.2, 0.25) is 0 Å². The van der Waals surface area contributed by atoms with Crippen LogP contribution in [0.25, 0.3) is 0 Å². The maximum Gasteiger partial charge on any atom is 0.225 e. The molecule has 21 heavy (non-hydrogen) atoms. The molecule has 0 bridgehead atoms. The molecule has 0 atom stereocenters. The van der Waals surface area contributed by atoms with Gasteiger partial charge >= 0.3 is 0 Å². The zero-order chi connectivity index (χ0) is 14.7. The van der Waals surface area contributed by atoms with Crippen molar-refractivity contribution in [2.45, 2.75) is 32.5 Å². The van der Waals surface area contributed by atoms with Crippen molar-refractivity contribution in [1.29, 1.82) is 0 Å². The van der Waals surface area contributed by atoms with Crippen molar-refractivity contribution in [1.82, 2.24) is 15.5 Å². The lowest BCUT2D eigenvalue weighted by atomic mass is 10.0. The molecule has 0 saturated carbocycles. The number of hydrogen-bond acceptors (Lipinski definition) is 4. The molecular weight excluding hydrogens is 266 g/mol. The number of rotatable bonds is 5. The minimum absolute atomic E-state index is 0.0250. The van der Waals surface area contributed by atoms with Crippen LogP contribution in [-0.4, -0.2) is 16.1 Å². The fourth-order valence-electron chi connectivity index (χ4n) is 2.60. The summed E-state index contributed by atoms with van der Waals surface area (Å²) in [7, 11) is 0. The molecule has 6 heteroatoms. The van der Waals surface area contributed by atoms with Gasteiger partial charge in [0.15, 0.2) is 5.82 Å². The summed E-state index contributed by atoms with van der Waals surface area (Å²) in [6, 6.07) is 7.95. The molecule has 1 aliphatic heterocycles. The molecule has 0 saturated heterocycles. The summed E-state index contributed by atoms with van der Waals surface area (Å²) < 4.78 is 0. The van der Waals surface area contributed by atoms with Crippen molar-refractivity contribution in [2.24, 2.45) is 5.73 Å². The average Bonchev–Trinajstić information content (AvgIpc) is 3.10. The van der Waals surface area contributed by atoms with E-state index in [1.54, 1.807) is 0 Å². The maximum atomic E-state index is 12.1.